The molecule has 0 spiro atoms. The first kappa shape index (κ1) is 20.2. The lowest BCUT2D eigenvalue weighted by Gasteiger charge is -2.43. The largest absolute Gasteiger partial charge is 0.493 e. The van der Waals surface area contributed by atoms with E-state index in [1.165, 1.54) is 30.2 Å². The van der Waals surface area contributed by atoms with Crippen molar-refractivity contribution in [1.29, 1.82) is 0 Å². The third kappa shape index (κ3) is 3.82. The summed E-state index contributed by atoms with van der Waals surface area (Å²) < 4.78 is 18.9. The Labute approximate surface area is 152 Å². The summed E-state index contributed by atoms with van der Waals surface area (Å²) in [7, 11) is 1.28. The normalized spacial score (nSPS) is 23.2. The molecule has 0 unspecified atom stereocenters. The highest BCUT2D eigenvalue weighted by Crippen LogP contribution is 2.37. The number of hydrogen-bond donors (Lipinski definition) is 2. The van der Waals surface area contributed by atoms with Crippen molar-refractivity contribution >= 4 is 11.9 Å². The van der Waals surface area contributed by atoms with Crippen molar-refractivity contribution in [1.82, 2.24) is 4.90 Å². The number of amides is 1. The minimum atomic E-state index is -1.42. The van der Waals surface area contributed by atoms with E-state index in [4.69, 9.17) is 4.74 Å². The van der Waals surface area contributed by atoms with Gasteiger partial charge in [-0.05, 0) is 37.3 Å². The number of aliphatic hydroxyl groups is 1. The second kappa shape index (κ2) is 8.03. The number of nitrogens with zero attached hydrogens (tertiary/aromatic N) is 1. The van der Waals surface area contributed by atoms with Gasteiger partial charge in [0.15, 0.2) is 11.6 Å². The quantitative estimate of drug-likeness (QED) is 0.807. The molecule has 1 aromatic rings. The van der Waals surface area contributed by atoms with Crippen LogP contribution in [-0.2, 0) is 4.79 Å². The van der Waals surface area contributed by atoms with E-state index < -0.39 is 29.2 Å². The standard InChI is InChI=1S/C19H26FNO5/c1-12(2)7-9-19(18(24)25)11-21(10-8-15(19)22)17(23)13-5-4-6-14(20)16(13)26-3/h4-6,12,15,22H,7-11H2,1-3H3,(H,24,25)/t15-,19+/m0/s1. The van der Waals surface area contributed by atoms with Crippen LogP contribution in [0.2, 0.25) is 0 Å². The third-order valence-corrected chi connectivity index (χ3v) is 5.07. The molecule has 26 heavy (non-hydrogen) atoms. The van der Waals surface area contributed by atoms with Crippen LogP contribution in [0.15, 0.2) is 18.2 Å². The summed E-state index contributed by atoms with van der Waals surface area (Å²) in [5.41, 5.74) is -1.37. The Hall–Kier alpha value is -2.15. The highest BCUT2D eigenvalue weighted by Gasteiger charge is 2.50. The molecule has 1 aromatic carbocycles. The molecule has 0 aliphatic carbocycles. The van der Waals surface area contributed by atoms with Gasteiger partial charge in [0.05, 0.1) is 18.8 Å². The molecular formula is C19H26FNO5. The number of para-hydroxylation sites is 1. The molecule has 144 valence electrons. The van der Waals surface area contributed by atoms with E-state index in [2.05, 4.69) is 0 Å². The first-order valence-corrected chi connectivity index (χ1v) is 8.76. The van der Waals surface area contributed by atoms with E-state index in [1.54, 1.807) is 0 Å². The zero-order valence-corrected chi connectivity index (χ0v) is 15.4. The first-order chi connectivity index (χ1) is 12.2. The Morgan fingerprint density at radius 1 is 1.42 bits per heavy atom. The van der Waals surface area contributed by atoms with Gasteiger partial charge in [-0.2, -0.15) is 0 Å². The van der Waals surface area contributed by atoms with Gasteiger partial charge in [0.2, 0.25) is 0 Å². The van der Waals surface area contributed by atoms with Gasteiger partial charge in [-0.25, -0.2) is 4.39 Å². The molecular weight excluding hydrogens is 341 g/mol. The second-order valence-electron chi connectivity index (χ2n) is 7.25. The van der Waals surface area contributed by atoms with Crippen LogP contribution in [0, 0.1) is 17.2 Å². The van der Waals surface area contributed by atoms with Crippen molar-refractivity contribution in [3.8, 4) is 5.75 Å². The minimum absolute atomic E-state index is 0.0482. The summed E-state index contributed by atoms with van der Waals surface area (Å²) in [6.45, 7) is 4.04. The number of aliphatic carboxylic acids is 1. The number of carbonyl (C=O) groups is 2. The molecule has 1 aliphatic heterocycles. The number of ether oxygens (including phenoxy) is 1. The van der Waals surface area contributed by atoms with Crippen LogP contribution in [-0.4, -0.2) is 53.3 Å². The highest BCUT2D eigenvalue weighted by atomic mass is 19.1. The molecule has 0 bridgehead atoms. The maximum Gasteiger partial charge on any atom is 0.314 e. The number of carbonyl (C=O) groups excluding carboxylic acids is 1. The number of piperidine rings is 1. The van der Waals surface area contributed by atoms with Gasteiger partial charge >= 0.3 is 5.97 Å². The summed E-state index contributed by atoms with van der Waals surface area (Å²) in [5, 5.41) is 20.2. The lowest BCUT2D eigenvalue weighted by Crippen LogP contribution is -2.57. The topological polar surface area (TPSA) is 87.1 Å². The maximum absolute atomic E-state index is 13.9. The van der Waals surface area contributed by atoms with E-state index in [9.17, 15) is 24.2 Å². The summed E-state index contributed by atoms with van der Waals surface area (Å²) in [6.07, 6.45) is 0.0189. The van der Waals surface area contributed by atoms with Gasteiger partial charge < -0.3 is 19.8 Å². The lowest BCUT2D eigenvalue weighted by molar-refractivity contribution is -0.163. The molecule has 1 fully saturated rings. The summed E-state index contributed by atoms with van der Waals surface area (Å²) in [5.74, 6) is -2.16. The van der Waals surface area contributed by atoms with Crippen LogP contribution in [0.4, 0.5) is 4.39 Å². The van der Waals surface area contributed by atoms with Gasteiger partial charge in [0, 0.05) is 13.1 Å². The zero-order valence-electron chi connectivity index (χ0n) is 15.4. The molecule has 7 heteroatoms. The third-order valence-electron chi connectivity index (χ3n) is 5.07. The van der Waals surface area contributed by atoms with Crippen LogP contribution in [0.5, 0.6) is 5.75 Å². The number of carboxylic acids is 1. The molecule has 2 N–H and O–H groups in total. The van der Waals surface area contributed by atoms with Crippen molar-refractivity contribution in [2.24, 2.45) is 11.3 Å². The number of halogens is 1. The number of hydrogen-bond acceptors (Lipinski definition) is 4. The number of rotatable bonds is 6. The van der Waals surface area contributed by atoms with Gasteiger partial charge in [0.1, 0.15) is 5.41 Å². The predicted molar refractivity (Wildman–Crippen MR) is 93.6 cm³/mol. The molecule has 6 nitrogen and oxygen atoms in total. The van der Waals surface area contributed by atoms with Crippen LogP contribution < -0.4 is 4.74 Å². The number of benzene rings is 1. The number of methoxy groups -OCH3 is 1. The summed E-state index contributed by atoms with van der Waals surface area (Å²) in [4.78, 5) is 26.3. The number of aliphatic hydroxyl groups excluding tert-OH is 1. The van der Waals surface area contributed by atoms with Gasteiger partial charge in [-0.3, -0.25) is 9.59 Å². The van der Waals surface area contributed by atoms with Crippen molar-refractivity contribution < 1.29 is 28.9 Å². The van der Waals surface area contributed by atoms with E-state index in [1.807, 2.05) is 13.8 Å². The molecule has 0 saturated carbocycles. The van der Waals surface area contributed by atoms with Gasteiger partial charge in [-0.1, -0.05) is 19.9 Å². The Morgan fingerprint density at radius 2 is 2.12 bits per heavy atom. The molecule has 2 rings (SSSR count). The van der Waals surface area contributed by atoms with Crippen LogP contribution in [0.3, 0.4) is 0 Å². The Morgan fingerprint density at radius 3 is 2.69 bits per heavy atom. The Balaban J connectivity index is 2.32. The van der Waals surface area contributed by atoms with Crippen molar-refractivity contribution in [3.63, 3.8) is 0 Å². The molecule has 1 amide bonds. The van der Waals surface area contributed by atoms with E-state index in [0.717, 1.165) is 0 Å². The number of likely N-dealkylation sites (tertiary alicyclic amines) is 1. The van der Waals surface area contributed by atoms with Crippen LogP contribution in [0.25, 0.3) is 0 Å². The predicted octanol–water partition coefficient (Wildman–Crippen LogP) is 2.55. The Bertz CT molecular complexity index is 678. The van der Waals surface area contributed by atoms with Gasteiger partial charge in [0.25, 0.3) is 5.91 Å². The minimum Gasteiger partial charge on any atom is -0.493 e. The van der Waals surface area contributed by atoms with Crippen molar-refractivity contribution in [2.45, 2.75) is 39.2 Å². The zero-order chi connectivity index (χ0) is 19.5. The fourth-order valence-corrected chi connectivity index (χ4v) is 3.42. The van der Waals surface area contributed by atoms with E-state index >= 15 is 0 Å². The van der Waals surface area contributed by atoms with Crippen LogP contribution >= 0.6 is 0 Å². The smallest absolute Gasteiger partial charge is 0.314 e. The highest BCUT2D eigenvalue weighted by molar-refractivity contribution is 5.97. The van der Waals surface area contributed by atoms with Crippen LogP contribution in [0.1, 0.15) is 43.5 Å². The average molecular weight is 367 g/mol. The summed E-state index contributed by atoms with van der Waals surface area (Å²) >= 11 is 0. The molecule has 0 aromatic heterocycles. The fourth-order valence-electron chi connectivity index (χ4n) is 3.42. The lowest BCUT2D eigenvalue weighted by atomic mass is 9.72. The van der Waals surface area contributed by atoms with E-state index in [0.29, 0.717) is 6.42 Å². The monoisotopic (exact) mass is 367 g/mol. The van der Waals surface area contributed by atoms with Crippen molar-refractivity contribution in [2.75, 3.05) is 20.2 Å². The Kier molecular flexibility index (Phi) is 6.23. The van der Waals surface area contributed by atoms with Gasteiger partial charge in [-0.15, -0.1) is 0 Å². The molecule has 1 heterocycles. The molecule has 1 aliphatic rings. The van der Waals surface area contributed by atoms with E-state index in [-0.39, 0.29) is 43.2 Å². The second-order valence-corrected chi connectivity index (χ2v) is 7.25. The number of carboxylic acid groups (broad SMARTS) is 1. The SMILES string of the molecule is COc1c(F)cccc1C(=O)N1CC[C@H](O)[C@](CCC(C)C)(C(=O)O)C1. The first-order valence-electron chi connectivity index (χ1n) is 8.76. The summed E-state index contributed by atoms with van der Waals surface area (Å²) in [6, 6.07) is 4.05. The molecule has 1 saturated heterocycles. The fraction of sp³-hybridized carbons (Fsp3) is 0.579. The van der Waals surface area contributed by atoms with Crippen molar-refractivity contribution in [3.05, 3.63) is 29.6 Å². The average Bonchev–Trinajstić information content (AvgIpc) is 2.60. The maximum atomic E-state index is 13.9. The molecule has 0 radical (unpaired) electrons. The molecule has 2 atom stereocenters.